The molecule has 3 aromatic carbocycles. The molecule has 0 spiro atoms. The molecule has 4 rings (SSSR count). The molecule has 0 aliphatic heterocycles. The first-order chi connectivity index (χ1) is 14.9. The zero-order valence-corrected chi connectivity index (χ0v) is 16.4. The van der Waals surface area contributed by atoms with Crippen LogP contribution in [0, 0.1) is 29.1 Å². The third-order valence-corrected chi connectivity index (χ3v) is 5.08. The van der Waals surface area contributed by atoms with Crippen LogP contribution in [-0.2, 0) is 6.54 Å². The first-order valence-electron chi connectivity index (χ1n) is 9.00. The fourth-order valence-corrected chi connectivity index (χ4v) is 3.38. The molecule has 0 radical (unpaired) electrons. The molecule has 158 valence electrons. The Labute approximate surface area is 178 Å². The van der Waals surface area contributed by atoms with Crippen LogP contribution in [0.5, 0.6) is 0 Å². The van der Waals surface area contributed by atoms with Gasteiger partial charge < -0.3 is 4.57 Å². The summed E-state index contributed by atoms with van der Waals surface area (Å²) in [6.45, 7) is 0.457. The summed E-state index contributed by atoms with van der Waals surface area (Å²) in [5, 5.41) is 5.06. The SMILES string of the molecule is Fc1c(F)c(F)c(N/N=C/c2cn(Cc3ccccc3Cl)c3ccccc23)c(F)c1F. The second-order valence-electron chi connectivity index (χ2n) is 6.64. The van der Waals surface area contributed by atoms with Crippen LogP contribution in [-0.4, -0.2) is 10.8 Å². The Hall–Kier alpha value is -3.39. The molecular formula is C22H13ClF5N3. The number of halogens is 6. The van der Waals surface area contributed by atoms with Gasteiger partial charge in [-0.15, -0.1) is 0 Å². The number of hydrazone groups is 1. The van der Waals surface area contributed by atoms with Crippen LogP contribution >= 0.6 is 11.6 Å². The van der Waals surface area contributed by atoms with Gasteiger partial charge in [0, 0.05) is 34.2 Å². The van der Waals surface area contributed by atoms with Crippen LogP contribution in [0.2, 0.25) is 5.02 Å². The third kappa shape index (κ3) is 3.86. The molecule has 3 nitrogen and oxygen atoms in total. The maximum atomic E-state index is 13.8. The Morgan fingerprint density at radius 1 is 0.839 bits per heavy atom. The molecule has 0 atom stereocenters. The predicted octanol–water partition coefficient (Wildman–Crippen LogP) is 6.48. The lowest BCUT2D eigenvalue weighted by molar-refractivity contribution is 0.381. The predicted molar refractivity (Wildman–Crippen MR) is 110 cm³/mol. The van der Waals surface area contributed by atoms with Gasteiger partial charge in [0.05, 0.1) is 6.21 Å². The minimum Gasteiger partial charge on any atom is -0.342 e. The van der Waals surface area contributed by atoms with Crippen molar-refractivity contribution >= 4 is 34.4 Å². The summed E-state index contributed by atoms with van der Waals surface area (Å²) >= 11 is 6.24. The van der Waals surface area contributed by atoms with E-state index in [4.69, 9.17) is 11.6 Å². The molecule has 1 aromatic heterocycles. The van der Waals surface area contributed by atoms with Gasteiger partial charge in [-0.05, 0) is 17.7 Å². The van der Waals surface area contributed by atoms with Crippen LogP contribution < -0.4 is 5.43 Å². The van der Waals surface area contributed by atoms with Crippen LogP contribution in [0.1, 0.15) is 11.1 Å². The van der Waals surface area contributed by atoms with Crippen LogP contribution in [0.3, 0.4) is 0 Å². The lowest BCUT2D eigenvalue weighted by Gasteiger charge is -2.07. The number of para-hydroxylation sites is 1. The lowest BCUT2D eigenvalue weighted by atomic mass is 10.2. The van der Waals surface area contributed by atoms with Gasteiger partial charge in [0.15, 0.2) is 23.3 Å². The van der Waals surface area contributed by atoms with E-state index in [1.807, 2.05) is 46.4 Å². The number of benzene rings is 3. The van der Waals surface area contributed by atoms with Crippen molar-refractivity contribution in [2.75, 3.05) is 5.43 Å². The van der Waals surface area contributed by atoms with Crippen molar-refractivity contribution in [1.29, 1.82) is 0 Å². The number of hydrogen-bond donors (Lipinski definition) is 1. The van der Waals surface area contributed by atoms with E-state index in [9.17, 15) is 22.0 Å². The normalized spacial score (nSPS) is 11.5. The van der Waals surface area contributed by atoms with E-state index in [-0.39, 0.29) is 0 Å². The summed E-state index contributed by atoms with van der Waals surface area (Å²) in [6, 6.07) is 14.7. The van der Waals surface area contributed by atoms with Gasteiger partial charge in [0.2, 0.25) is 5.82 Å². The molecule has 0 amide bonds. The molecule has 0 fully saturated rings. The Bertz CT molecular complexity index is 1290. The van der Waals surface area contributed by atoms with Crippen molar-refractivity contribution in [3.63, 3.8) is 0 Å². The minimum absolute atomic E-state index is 0.457. The van der Waals surface area contributed by atoms with Crippen LogP contribution in [0.15, 0.2) is 59.8 Å². The van der Waals surface area contributed by atoms with E-state index in [1.165, 1.54) is 6.21 Å². The fraction of sp³-hybridized carbons (Fsp3) is 0.0455. The number of nitrogens with zero attached hydrogens (tertiary/aromatic N) is 2. The minimum atomic E-state index is -2.23. The highest BCUT2D eigenvalue weighted by Crippen LogP contribution is 2.27. The molecule has 1 N–H and O–H groups in total. The Balaban J connectivity index is 1.67. The Morgan fingerprint density at radius 3 is 2.16 bits per heavy atom. The van der Waals surface area contributed by atoms with Gasteiger partial charge in [-0.1, -0.05) is 48.0 Å². The van der Waals surface area contributed by atoms with Gasteiger partial charge in [-0.2, -0.15) is 5.10 Å². The first kappa shape index (κ1) is 20.9. The molecule has 0 aliphatic rings. The molecule has 0 saturated carbocycles. The standard InChI is InChI=1S/C22H13ClF5N3/c23-15-7-3-1-5-12(15)10-31-11-13(14-6-2-4-8-16(14)31)9-29-30-22-20(27)18(25)17(24)19(26)21(22)28/h1-9,11,30H,10H2/b29-9+. The van der Waals surface area contributed by atoms with Crippen LogP contribution in [0.25, 0.3) is 10.9 Å². The molecule has 0 bridgehead atoms. The Kier molecular flexibility index (Phi) is 5.65. The van der Waals surface area contributed by atoms with E-state index < -0.39 is 34.8 Å². The van der Waals surface area contributed by atoms with E-state index in [0.29, 0.717) is 17.1 Å². The van der Waals surface area contributed by atoms with Crippen LogP contribution in [0.4, 0.5) is 27.6 Å². The molecule has 0 aliphatic carbocycles. The lowest BCUT2D eigenvalue weighted by Crippen LogP contribution is -2.06. The van der Waals surface area contributed by atoms with Gasteiger partial charge in [-0.3, -0.25) is 5.43 Å². The van der Waals surface area contributed by atoms with Crippen molar-refractivity contribution in [2.45, 2.75) is 6.54 Å². The highest BCUT2D eigenvalue weighted by atomic mass is 35.5. The number of nitrogens with one attached hydrogen (secondary N) is 1. The quantitative estimate of drug-likeness (QED) is 0.122. The summed E-state index contributed by atoms with van der Waals surface area (Å²) in [4.78, 5) is 0. The summed E-state index contributed by atoms with van der Waals surface area (Å²) in [5.74, 6) is -10.3. The number of anilines is 1. The maximum absolute atomic E-state index is 13.8. The fourth-order valence-electron chi connectivity index (χ4n) is 3.19. The average Bonchev–Trinajstić information content (AvgIpc) is 3.12. The highest BCUT2D eigenvalue weighted by molar-refractivity contribution is 6.31. The summed E-state index contributed by atoms with van der Waals surface area (Å²) in [5.41, 5.74) is 2.98. The zero-order valence-electron chi connectivity index (χ0n) is 15.6. The molecule has 4 aromatic rings. The van der Waals surface area contributed by atoms with E-state index >= 15 is 0 Å². The maximum Gasteiger partial charge on any atom is 0.200 e. The van der Waals surface area contributed by atoms with Crippen molar-refractivity contribution in [1.82, 2.24) is 4.57 Å². The zero-order chi connectivity index (χ0) is 22.1. The molecule has 0 saturated heterocycles. The van der Waals surface area contributed by atoms with Gasteiger partial charge in [0.25, 0.3) is 0 Å². The molecule has 9 heteroatoms. The monoisotopic (exact) mass is 449 g/mol. The Morgan fingerprint density at radius 2 is 1.45 bits per heavy atom. The second kappa shape index (κ2) is 8.39. The number of fused-ring (bicyclic) bond motifs is 1. The van der Waals surface area contributed by atoms with E-state index in [0.717, 1.165) is 16.5 Å². The molecule has 31 heavy (non-hydrogen) atoms. The van der Waals surface area contributed by atoms with Gasteiger partial charge in [0.1, 0.15) is 5.69 Å². The highest BCUT2D eigenvalue weighted by Gasteiger charge is 2.25. The number of rotatable bonds is 5. The largest absolute Gasteiger partial charge is 0.342 e. The molecular weight excluding hydrogens is 437 g/mol. The van der Waals surface area contributed by atoms with Crippen molar-refractivity contribution in [3.8, 4) is 0 Å². The number of hydrogen-bond acceptors (Lipinski definition) is 2. The molecule has 1 heterocycles. The van der Waals surface area contributed by atoms with Crippen molar-refractivity contribution in [3.05, 3.63) is 100.0 Å². The second-order valence-corrected chi connectivity index (χ2v) is 7.04. The average molecular weight is 450 g/mol. The molecule has 0 unspecified atom stereocenters. The van der Waals surface area contributed by atoms with Gasteiger partial charge >= 0.3 is 0 Å². The third-order valence-electron chi connectivity index (χ3n) is 4.71. The van der Waals surface area contributed by atoms with Crippen molar-refractivity contribution in [2.24, 2.45) is 5.10 Å². The summed E-state index contributed by atoms with van der Waals surface area (Å²) in [6.07, 6.45) is 2.99. The number of aromatic nitrogens is 1. The summed E-state index contributed by atoms with van der Waals surface area (Å²) < 4.78 is 69.3. The first-order valence-corrected chi connectivity index (χ1v) is 9.38. The topological polar surface area (TPSA) is 29.3 Å². The van der Waals surface area contributed by atoms with E-state index in [2.05, 4.69) is 5.10 Å². The van der Waals surface area contributed by atoms with E-state index in [1.54, 1.807) is 18.3 Å². The summed E-state index contributed by atoms with van der Waals surface area (Å²) in [7, 11) is 0. The van der Waals surface area contributed by atoms with Gasteiger partial charge in [-0.25, -0.2) is 22.0 Å². The van der Waals surface area contributed by atoms with Crippen molar-refractivity contribution < 1.29 is 22.0 Å². The smallest absolute Gasteiger partial charge is 0.200 e.